The van der Waals surface area contributed by atoms with Crippen LogP contribution in [0.3, 0.4) is 0 Å². The number of carbonyl (C=O) groups excluding carboxylic acids is 1. The van der Waals surface area contributed by atoms with Gasteiger partial charge in [-0.3, -0.25) is 9.78 Å². The fourth-order valence-corrected chi connectivity index (χ4v) is 3.10. The van der Waals surface area contributed by atoms with E-state index in [1.165, 1.54) is 11.8 Å². The van der Waals surface area contributed by atoms with Crippen molar-refractivity contribution >= 4 is 17.7 Å². The average Bonchev–Trinajstić information content (AvgIpc) is 2.71. The number of nitrogens with one attached hydrogen (secondary N) is 1. The Kier molecular flexibility index (Phi) is 6.38. The van der Waals surface area contributed by atoms with Gasteiger partial charge in [-0.1, -0.05) is 61.2 Å². The Balaban J connectivity index is 1.62. The van der Waals surface area contributed by atoms with E-state index in [1.807, 2.05) is 49.4 Å². The van der Waals surface area contributed by atoms with E-state index in [1.54, 1.807) is 12.1 Å². The summed E-state index contributed by atoms with van der Waals surface area (Å²) >= 11 is 1.37. The van der Waals surface area contributed by atoms with Crippen LogP contribution in [0.4, 0.5) is 0 Å². The van der Waals surface area contributed by atoms with E-state index < -0.39 is 0 Å². The lowest BCUT2D eigenvalue weighted by Crippen LogP contribution is -2.14. The Morgan fingerprint density at radius 3 is 2.48 bits per heavy atom. The molecule has 0 amide bonds. The van der Waals surface area contributed by atoms with Crippen LogP contribution < -0.4 is 5.56 Å². The zero-order chi connectivity index (χ0) is 19.1. The summed E-state index contributed by atoms with van der Waals surface area (Å²) in [5.74, 6) is 0.280. The molecule has 0 saturated carbocycles. The number of aromatic nitrogens is 3. The number of aromatic amines is 1. The first-order valence-corrected chi connectivity index (χ1v) is 9.57. The van der Waals surface area contributed by atoms with Crippen LogP contribution in [0.1, 0.15) is 29.3 Å². The smallest absolute Gasteiger partial charge is 0.338 e. The van der Waals surface area contributed by atoms with E-state index in [4.69, 9.17) is 4.74 Å². The zero-order valence-electron chi connectivity index (χ0n) is 14.8. The minimum Gasteiger partial charge on any atom is -0.462 e. The van der Waals surface area contributed by atoms with Crippen molar-refractivity contribution in [3.63, 3.8) is 0 Å². The van der Waals surface area contributed by atoms with Crippen LogP contribution in [0.15, 0.2) is 64.5 Å². The lowest BCUT2D eigenvalue weighted by molar-refractivity contribution is 0.0505. The summed E-state index contributed by atoms with van der Waals surface area (Å²) in [6, 6.07) is 16.4. The molecule has 1 aromatic heterocycles. The van der Waals surface area contributed by atoms with Gasteiger partial charge in [0.15, 0.2) is 10.9 Å². The predicted molar refractivity (Wildman–Crippen MR) is 105 cm³/mol. The highest BCUT2D eigenvalue weighted by Crippen LogP contribution is 2.19. The molecule has 0 aliphatic rings. The van der Waals surface area contributed by atoms with Gasteiger partial charge in [0.25, 0.3) is 5.56 Å². The number of nitrogens with zero attached hydrogens (tertiary/aromatic N) is 2. The standard InChI is InChI=1S/C20H19N3O3S/c1-2-12-26-19(25)16-10-8-14(9-11-16)13-27-20-21-18(24)17(22-23-20)15-6-4-3-5-7-15/h3-11H,2,12-13H2,1H3,(H,21,23,24). The van der Waals surface area contributed by atoms with Crippen LogP contribution in [0.25, 0.3) is 11.3 Å². The Bertz CT molecular complexity index is 956. The second-order valence-corrected chi connectivity index (χ2v) is 6.76. The molecule has 0 aliphatic carbocycles. The number of hydrogen-bond donors (Lipinski definition) is 1. The van der Waals surface area contributed by atoms with Crippen LogP contribution in [0.5, 0.6) is 0 Å². The zero-order valence-corrected chi connectivity index (χ0v) is 15.7. The number of carbonyl (C=O) groups is 1. The van der Waals surface area contributed by atoms with Crippen molar-refractivity contribution in [2.75, 3.05) is 6.61 Å². The van der Waals surface area contributed by atoms with Crippen molar-refractivity contribution in [3.05, 3.63) is 76.1 Å². The van der Waals surface area contributed by atoms with Gasteiger partial charge in [0.2, 0.25) is 0 Å². The maximum atomic E-state index is 12.2. The van der Waals surface area contributed by atoms with E-state index in [0.29, 0.717) is 28.8 Å². The van der Waals surface area contributed by atoms with Gasteiger partial charge in [0, 0.05) is 11.3 Å². The minimum absolute atomic E-state index is 0.271. The molecule has 0 unspecified atom stereocenters. The van der Waals surface area contributed by atoms with Gasteiger partial charge in [0.1, 0.15) is 0 Å². The maximum absolute atomic E-state index is 12.2. The summed E-state index contributed by atoms with van der Waals surface area (Å²) in [5.41, 5.74) is 2.29. The second kappa shape index (κ2) is 9.14. The van der Waals surface area contributed by atoms with Crippen molar-refractivity contribution in [1.29, 1.82) is 0 Å². The molecule has 138 valence electrons. The summed E-state index contributed by atoms with van der Waals surface area (Å²) in [5, 5.41) is 8.59. The second-order valence-electron chi connectivity index (χ2n) is 5.80. The molecule has 2 aromatic carbocycles. The number of H-pyrrole nitrogens is 1. The highest BCUT2D eigenvalue weighted by atomic mass is 32.2. The van der Waals surface area contributed by atoms with Crippen molar-refractivity contribution in [3.8, 4) is 11.3 Å². The first-order valence-electron chi connectivity index (χ1n) is 8.58. The molecule has 6 nitrogen and oxygen atoms in total. The van der Waals surface area contributed by atoms with Gasteiger partial charge in [0.05, 0.1) is 12.2 Å². The molecule has 1 heterocycles. The molecule has 3 aromatic rings. The molecule has 7 heteroatoms. The summed E-state index contributed by atoms with van der Waals surface area (Å²) in [6.45, 7) is 2.37. The molecule has 27 heavy (non-hydrogen) atoms. The third-order valence-electron chi connectivity index (χ3n) is 3.73. The van der Waals surface area contributed by atoms with E-state index in [-0.39, 0.29) is 11.5 Å². The van der Waals surface area contributed by atoms with Crippen molar-refractivity contribution in [2.45, 2.75) is 24.3 Å². The van der Waals surface area contributed by atoms with Crippen LogP contribution in [-0.2, 0) is 10.5 Å². The number of thioether (sulfide) groups is 1. The largest absolute Gasteiger partial charge is 0.462 e. The molecule has 1 N–H and O–H groups in total. The Hall–Kier alpha value is -2.93. The van der Waals surface area contributed by atoms with Gasteiger partial charge in [-0.25, -0.2) is 4.79 Å². The number of rotatable bonds is 7. The molecule has 0 atom stereocenters. The van der Waals surface area contributed by atoms with Crippen molar-refractivity contribution in [2.24, 2.45) is 0 Å². The molecule has 0 fully saturated rings. The van der Waals surface area contributed by atoms with E-state index in [0.717, 1.165) is 17.5 Å². The maximum Gasteiger partial charge on any atom is 0.338 e. The summed E-state index contributed by atoms with van der Waals surface area (Å²) < 4.78 is 5.11. The highest BCUT2D eigenvalue weighted by Gasteiger charge is 2.09. The third-order valence-corrected chi connectivity index (χ3v) is 4.66. The van der Waals surface area contributed by atoms with E-state index >= 15 is 0 Å². The SMILES string of the molecule is CCCOC(=O)c1ccc(CSc2nnc(-c3ccccc3)c(=O)[nH]2)cc1. The van der Waals surface area contributed by atoms with Crippen molar-refractivity contribution < 1.29 is 9.53 Å². The van der Waals surface area contributed by atoms with Crippen LogP contribution in [0, 0.1) is 0 Å². The van der Waals surface area contributed by atoms with E-state index in [9.17, 15) is 9.59 Å². The summed E-state index contributed by atoms with van der Waals surface area (Å²) in [4.78, 5) is 26.8. The minimum atomic E-state index is -0.317. The van der Waals surface area contributed by atoms with Crippen LogP contribution in [0.2, 0.25) is 0 Å². The predicted octanol–water partition coefficient (Wildman–Crippen LogP) is 3.69. The fourth-order valence-electron chi connectivity index (χ4n) is 2.34. The number of hydrogen-bond acceptors (Lipinski definition) is 6. The van der Waals surface area contributed by atoms with Gasteiger partial charge in [-0.2, -0.15) is 0 Å². The molecular weight excluding hydrogens is 362 g/mol. The Morgan fingerprint density at radius 2 is 1.81 bits per heavy atom. The lowest BCUT2D eigenvalue weighted by Gasteiger charge is -2.05. The quantitative estimate of drug-likeness (QED) is 0.496. The van der Waals surface area contributed by atoms with Crippen LogP contribution in [-0.4, -0.2) is 27.8 Å². The number of ether oxygens (including phenoxy) is 1. The average molecular weight is 381 g/mol. The Labute approximate surface area is 161 Å². The molecule has 0 spiro atoms. The number of esters is 1. The van der Waals surface area contributed by atoms with E-state index in [2.05, 4.69) is 15.2 Å². The normalized spacial score (nSPS) is 10.6. The molecule has 0 aliphatic heterocycles. The van der Waals surface area contributed by atoms with Gasteiger partial charge in [-0.05, 0) is 24.1 Å². The van der Waals surface area contributed by atoms with Gasteiger partial charge >= 0.3 is 5.97 Å². The summed E-state index contributed by atoms with van der Waals surface area (Å²) in [7, 11) is 0. The fraction of sp³-hybridized carbons (Fsp3) is 0.200. The first kappa shape index (κ1) is 18.8. The first-order chi connectivity index (χ1) is 13.2. The monoisotopic (exact) mass is 381 g/mol. The van der Waals surface area contributed by atoms with Crippen LogP contribution >= 0.6 is 11.8 Å². The highest BCUT2D eigenvalue weighted by molar-refractivity contribution is 7.98. The molecule has 0 saturated heterocycles. The lowest BCUT2D eigenvalue weighted by atomic mass is 10.1. The summed E-state index contributed by atoms with van der Waals surface area (Å²) in [6.07, 6.45) is 0.794. The third kappa shape index (κ3) is 5.04. The van der Waals surface area contributed by atoms with Gasteiger partial charge in [-0.15, -0.1) is 10.2 Å². The van der Waals surface area contributed by atoms with Crippen molar-refractivity contribution in [1.82, 2.24) is 15.2 Å². The molecule has 0 bridgehead atoms. The van der Waals surface area contributed by atoms with Gasteiger partial charge < -0.3 is 4.74 Å². The number of benzene rings is 2. The molecule has 3 rings (SSSR count). The topological polar surface area (TPSA) is 84.9 Å². The Morgan fingerprint density at radius 1 is 1.07 bits per heavy atom. The molecular formula is C20H19N3O3S. The molecule has 0 radical (unpaired) electrons.